The Morgan fingerprint density at radius 1 is 1.00 bits per heavy atom. The Balaban J connectivity index is 1.24. The highest BCUT2D eigenvalue weighted by Gasteiger charge is 2.51. The van der Waals surface area contributed by atoms with Crippen molar-refractivity contribution in [2.24, 2.45) is 17.8 Å². The third-order valence-corrected chi connectivity index (χ3v) is 6.55. The molecule has 4 fully saturated rings. The first-order valence-corrected chi connectivity index (χ1v) is 10.1. The number of ether oxygens (including phenoxy) is 2. The van der Waals surface area contributed by atoms with Crippen molar-refractivity contribution >= 4 is 11.9 Å². The van der Waals surface area contributed by atoms with Gasteiger partial charge in [0, 0.05) is 5.54 Å². The van der Waals surface area contributed by atoms with Gasteiger partial charge in [-0.3, -0.25) is 4.79 Å². The average Bonchev–Trinajstić information content (AvgIpc) is 2.58. The Morgan fingerprint density at radius 3 is 2.11 bits per heavy atom. The zero-order chi connectivity index (χ0) is 19.0. The topological polar surface area (TPSA) is 64.6 Å². The number of nitrogens with one attached hydrogen (secondary N) is 1. The fourth-order valence-corrected chi connectivity index (χ4v) is 5.94. The maximum absolute atomic E-state index is 12.4. The van der Waals surface area contributed by atoms with Crippen molar-refractivity contribution < 1.29 is 19.1 Å². The van der Waals surface area contributed by atoms with E-state index in [1.54, 1.807) is 0 Å². The summed E-state index contributed by atoms with van der Waals surface area (Å²) in [6, 6.07) is 5.82. The van der Waals surface area contributed by atoms with E-state index < -0.39 is 5.97 Å². The number of carbonyl (C=O) groups is 2. The van der Waals surface area contributed by atoms with Gasteiger partial charge in [0.15, 0.2) is 13.2 Å². The summed E-state index contributed by atoms with van der Waals surface area (Å²) in [6.07, 6.45) is 7.27. The van der Waals surface area contributed by atoms with E-state index >= 15 is 0 Å². The Morgan fingerprint density at radius 2 is 1.56 bits per heavy atom. The minimum absolute atomic E-state index is 0.0486. The van der Waals surface area contributed by atoms with Gasteiger partial charge >= 0.3 is 5.97 Å². The average molecular weight is 371 g/mol. The molecule has 5 nitrogen and oxygen atoms in total. The first-order chi connectivity index (χ1) is 12.9. The molecule has 0 aromatic heterocycles. The summed E-state index contributed by atoms with van der Waals surface area (Å²) in [5, 5.41) is 3.21. The van der Waals surface area contributed by atoms with E-state index in [9.17, 15) is 9.59 Å². The van der Waals surface area contributed by atoms with Gasteiger partial charge in [0.1, 0.15) is 5.75 Å². The number of carbonyl (C=O) groups excluding carboxylic acids is 2. The summed E-state index contributed by atoms with van der Waals surface area (Å²) in [5.41, 5.74) is 1.90. The van der Waals surface area contributed by atoms with Crippen LogP contribution < -0.4 is 10.1 Å². The van der Waals surface area contributed by atoms with Gasteiger partial charge in [0.25, 0.3) is 5.91 Å². The molecule has 0 radical (unpaired) electrons. The second-order valence-electron chi connectivity index (χ2n) is 8.92. The van der Waals surface area contributed by atoms with E-state index in [0.29, 0.717) is 5.75 Å². The highest BCUT2D eigenvalue weighted by molar-refractivity contribution is 5.81. The third kappa shape index (κ3) is 3.97. The smallest absolute Gasteiger partial charge is 0.344 e. The van der Waals surface area contributed by atoms with Crippen LogP contribution in [0.1, 0.15) is 49.7 Å². The SMILES string of the molecule is Cc1cccc(C)c1OCC(=O)OCC(=O)NC12CC3CC(CC(C3)C1)C2. The van der Waals surface area contributed by atoms with E-state index in [1.165, 1.54) is 19.3 Å². The molecular weight excluding hydrogens is 342 g/mol. The van der Waals surface area contributed by atoms with Crippen LogP contribution in [0.25, 0.3) is 0 Å². The van der Waals surface area contributed by atoms with Crippen molar-refractivity contribution in [2.75, 3.05) is 13.2 Å². The van der Waals surface area contributed by atoms with Crippen LogP contribution >= 0.6 is 0 Å². The minimum atomic E-state index is -0.515. The van der Waals surface area contributed by atoms with Gasteiger partial charge in [0.05, 0.1) is 0 Å². The van der Waals surface area contributed by atoms with E-state index in [2.05, 4.69) is 5.32 Å². The molecule has 0 unspecified atom stereocenters. The number of esters is 1. The molecule has 4 aliphatic carbocycles. The fourth-order valence-electron chi connectivity index (χ4n) is 5.94. The van der Waals surface area contributed by atoms with Crippen LogP contribution in [-0.4, -0.2) is 30.6 Å². The normalized spacial score (nSPS) is 30.8. The number of hydrogen-bond acceptors (Lipinski definition) is 4. The van der Waals surface area contributed by atoms with E-state index in [1.807, 2.05) is 32.0 Å². The van der Waals surface area contributed by atoms with Crippen LogP contribution in [0.4, 0.5) is 0 Å². The lowest BCUT2D eigenvalue weighted by Gasteiger charge is -2.56. The first kappa shape index (κ1) is 18.3. The zero-order valence-corrected chi connectivity index (χ0v) is 16.3. The number of aryl methyl sites for hydroxylation is 2. The number of benzene rings is 1. The molecule has 0 saturated heterocycles. The van der Waals surface area contributed by atoms with Gasteiger partial charge in [-0.25, -0.2) is 4.79 Å². The predicted octanol–water partition coefficient (Wildman–Crippen LogP) is 3.31. The molecule has 5 heteroatoms. The summed E-state index contributed by atoms with van der Waals surface area (Å²) in [6.45, 7) is 3.46. The number of rotatable bonds is 6. The van der Waals surface area contributed by atoms with Crippen molar-refractivity contribution in [3.8, 4) is 5.75 Å². The largest absolute Gasteiger partial charge is 0.481 e. The molecule has 146 valence electrons. The number of amides is 1. The number of hydrogen-bond donors (Lipinski definition) is 1. The van der Waals surface area contributed by atoms with Crippen molar-refractivity contribution in [3.05, 3.63) is 29.3 Å². The van der Waals surface area contributed by atoms with Crippen LogP contribution in [-0.2, 0) is 14.3 Å². The van der Waals surface area contributed by atoms with E-state index in [4.69, 9.17) is 9.47 Å². The minimum Gasteiger partial charge on any atom is -0.481 e. The second kappa shape index (κ2) is 7.17. The highest BCUT2D eigenvalue weighted by Crippen LogP contribution is 2.55. The molecule has 1 aromatic carbocycles. The summed E-state index contributed by atoms with van der Waals surface area (Å²) in [4.78, 5) is 24.4. The molecule has 0 heterocycles. The summed E-state index contributed by atoms with van der Waals surface area (Å²) >= 11 is 0. The van der Waals surface area contributed by atoms with Crippen LogP contribution in [0.3, 0.4) is 0 Å². The lowest BCUT2D eigenvalue weighted by atomic mass is 9.53. The lowest BCUT2D eigenvalue weighted by Crippen LogP contribution is -2.60. The molecule has 0 aliphatic heterocycles. The van der Waals surface area contributed by atoms with Gasteiger partial charge in [-0.15, -0.1) is 0 Å². The van der Waals surface area contributed by atoms with E-state index in [0.717, 1.165) is 48.1 Å². The molecule has 0 spiro atoms. The van der Waals surface area contributed by atoms with Gasteiger partial charge < -0.3 is 14.8 Å². The quantitative estimate of drug-likeness (QED) is 0.779. The number of para-hydroxylation sites is 1. The molecule has 5 rings (SSSR count). The van der Waals surface area contributed by atoms with Crippen molar-refractivity contribution in [3.63, 3.8) is 0 Å². The van der Waals surface area contributed by atoms with Crippen molar-refractivity contribution in [2.45, 2.75) is 57.9 Å². The van der Waals surface area contributed by atoms with Gasteiger partial charge in [-0.05, 0) is 81.3 Å². The Bertz CT molecular complexity index is 686. The molecule has 1 aromatic rings. The van der Waals surface area contributed by atoms with Gasteiger partial charge in [0.2, 0.25) is 0 Å². The van der Waals surface area contributed by atoms with Gasteiger partial charge in [-0.1, -0.05) is 18.2 Å². The molecule has 4 bridgehead atoms. The zero-order valence-electron chi connectivity index (χ0n) is 16.3. The van der Waals surface area contributed by atoms with Crippen LogP contribution in [0.15, 0.2) is 18.2 Å². The summed E-state index contributed by atoms with van der Waals surface area (Å²) in [5.74, 6) is 2.31. The first-order valence-electron chi connectivity index (χ1n) is 10.1. The van der Waals surface area contributed by atoms with Crippen LogP contribution in [0.2, 0.25) is 0 Å². The highest BCUT2D eigenvalue weighted by atomic mass is 16.6. The molecule has 1 N–H and O–H groups in total. The summed E-state index contributed by atoms with van der Waals surface area (Å²) < 4.78 is 10.7. The Kier molecular flexibility index (Phi) is 4.87. The van der Waals surface area contributed by atoms with Crippen molar-refractivity contribution in [1.29, 1.82) is 0 Å². The fraction of sp³-hybridized carbons (Fsp3) is 0.636. The molecule has 1 amide bonds. The van der Waals surface area contributed by atoms with Gasteiger partial charge in [-0.2, -0.15) is 0 Å². The van der Waals surface area contributed by atoms with Crippen molar-refractivity contribution in [1.82, 2.24) is 5.32 Å². The second-order valence-corrected chi connectivity index (χ2v) is 8.92. The molecular formula is C22H29NO4. The standard InChI is InChI=1S/C22H29NO4/c1-14-4-3-5-15(2)21(14)27-13-20(25)26-12-19(24)23-22-9-16-6-17(10-22)8-18(7-16)11-22/h3-5,16-18H,6-13H2,1-2H3,(H,23,24). The monoisotopic (exact) mass is 371 g/mol. The molecule has 27 heavy (non-hydrogen) atoms. The molecule has 4 aliphatic rings. The molecule has 4 saturated carbocycles. The maximum atomic E-state index is 12.4. The molecule has 0 atom stereocenters. The van der Waals surface area contributed by atoms with E-state index in [-0.39, 0.29) is 24.7 Å². The van der Waals surface area contributed by atoms with Crippen LogP contribution in [0.5, 0.6) is 5.75 Å². The van der Waals surface area contributed by atoms with Crippen LogP contribution in [0, 0.1) is 31.6 Å². The Hall–Kier alpha value is -2.04. The maximum Gasteiger partial charge on any atom is 0.344 e. The Labute approximate surface area is 160 Å². The summed E-state index contributed by atoms with van der Waals surface area (Å²) in [7, 11) is 0. The predicted molar refractivity (Wildman–Crippen MR) is 101 cm³/mol. The third-order valence-electron chi connectivity index (χ3n) is 6.55. The lowest BCUT2D eigenvalue weighted by molar-refractivity contribution is -0.151.